The molecule has 104 valence electrons. The molecule has 5 heteroatoms. The van der Waals surface area contributed by atoms with Crippen LogP contribution in [0.5, 0.6) is 0 Å². The second-order valence-electron chi connectivity index (χ2n) is 4.27. The molecule has 0 saturated carbocycles. The number of nitrogens with one attached hydrogen (secondary N) is 1. The molecule has 3 nitrogen and oxygen atoms in total. The quantitative estimate of drug-likeness (QED) is 0.934. The van der Waals surface area contributed by atoms with Crippen molar-refractivity contribution < 1.29 is 9.18 Å². The lowest BCUT2D eigenvalue weighted by Crippen LogP contribution is -2.32. The fourth-order valence-electron chi connectivity index (χ4n) is 1.70. The Morgan fingerprint density at radius 1 is 1.25 bits per heavy atom. The zero-order chi connectivity index (χ0) is 14.5. The summed E-state index contributed by atoms with van der Waals surface area (Å²) in [5.41, 5.74) is 1.42. The van der Waals surface area contributed by atoms with E-state index in [1.807, 2.05) is 30.3 Å². The van der Waals surface area contributed by atoms with Crippen LogP contribution in [0.4, 0.5) is 15.8 Å². The summed E-state index contributed by atoms with van der Waals surface area (Å²) in [6.07, 6.45) is 0. The molecule has 0 radical (unpaired) electrons. The Balaban J connectivity index is 1.96. The second kappa shape index (κ2) is 6.39. The topological polar surface area (TPSA) is 32.3 Å². The van der Waals surface area contributed by atoms with Crippen molar-refractivity contribution in [1.82, 2.24) is 0 Å². The molecule has 0 unspecified atom stereocenters. The van der Waals surface area contributed by atoms with Crippen molar-refractivity contribution in [1.29, 1.82) is 0 Å². The number of halogens is 2. The van der Waals surface area contributed by atoms with Crippen LogP contribution in [0.2, 0.25) is 5.02 Å². The number of anilines is 2. The molecule has 0 aliphatic rings. The number of rotatable bonds is 4. The predicted octanol–water partition coefficient (Wildman–Crippen LogP) is 3.55. The second-order valence-corrected chi connectivity index (χ2v) is 4.68. The molecular weight excluding hydrogens is 279 g/mol. The number of amides is 1. The zero-order valence-electron chi connectivity index (χ0n) is 10.9. The van der Waals surface area contributed by atoms with Crippen LogP contribution >= 0.6 is 11.6 Å². The first-order chi connectivity index (χ1) is 9.58. The number of para-hydroxylation sites is 1. The van der Waals surface area contributed by atoms with Gasteiger partial charge in [-0.2, -0.15) is 0 Å². The monoisotopic (exact) mass is 292 g/mol. The molecule has 0 aromatic heterocycles. The number of benzene rings is 2. The van der Waals surface area contributed by atoms with E-state index in [9.17, 15) is 9.18 Å². The SMILES string of the molecule is CN(C(=O)CNc1ccc(F)c(Cl)c1)c1ccccc1. The smallest absolute Gasteiger partial charge is 0.246 e. The lowest BCUT2D eigenvalue weighted by Gasteiger charge is -2.18. The average molecular weight is 293 g/mol. The highest BCUT2D eigenvalue weighted by atomic mass is 35.5. The van der Waals surface area contributed by atoms with E-state index in [-0.39, 0.29) is 17.5 Å². The normalized spacial score (nSPS) is 10.2. The molecule has 0 fully saturated rings. The highest BCUT2D eigenvalue weighted by Crippen LogP contribution is 2.19. The maximum Gasteiger partial charge on any atom is 0.246 e. The van der Waals surface area contributed by atoms with E-state index < -0.39 is 5.82 Å². The van der Waals surface area contributed by atoms with E-state index in [1.165, 1.54) is 18.2 Å². The Morgan fingerprint density at radius 2 is 1.95 bits per heavy atom. The van der Waals surface area contributed by atoms with Gasteiger partial charge >= 0.3 is 0 Å². The molecule has 0 heterocycles. The minimum Gasteiger partial charge on any atom is -0.376 e. The molecule has 2 aromatic rings. The highest BCUT2D eigenvalue weighted by molar-refractivity contribution is 6.31. The summed E-state index contributed by atoms with van der Waals surface area (Å²) >= 11 is 5.68. The molecule has 2 rings (SSSR count). The number of nitrogens with zero attached hydrogens (tertiary/aromatic N) is 1. The highest BCUT2D eigenvalue weighted by Gasteiger charge is 2.10. The van der Waals surface area contributed by atoms with Crippen LogP contribution in [0.3, 0.4) is 0 Å². The van der Waals surface area contributed by atoms with Gasteiger partial charge in [-0.1, -0.05) is 29.8 Å². The van der Waals surface area contributed by atoms with Gasteiger partial charge in [-0.25, -0.2) is 4.39 Å². The Morgan fingerprint density at radius 3 is 2.60 bits per heavy atom. The minimum absolute atomic E-state index is 0.0267. The number of hydrogen-bond donors (Lipinski definition) is 1. The largest absolute Gasteiger partial charge is 0.376 e. The van der Waals surface area contributed by atoms with E-state index in [2.05, 4.69) is 5.32 Å². The Labute approximate surface area is 122 Å². The lowest BCUT2D eigenvalue weighted by molar-refractivity contribution is -0.116. The van der Waals surface area contributed by atoms with Gasteiger partial charge in [0, 0.05) is 18.4 Å². The van der Waals surface area contributed by atoms with Gasteiger partial charge < -0.3 is 10.2 Å². The van der Waals surface area contributed by atoms with Crippen molar-refractivity contribution in [3.8, 4) is 0 Å². The summed E-state index contributed by atoms with van der Waals surface area (Å²) in [5.74, 6) is -0.582. The Hall–Kier alpha value is -2.07. The van der Waals surface area contributed by atoms with Crippen molar-refractivity contribution in [3.05, 3.63) is 59.4 Å². The lowest BCUT2D eigenvalue weighted by atomic mass is 10.3. The van der Waals surface area contributed by atoms with E-state index in [0.717, 1.165) is 5.69 Å². The first-order valence-corrected chi connectivity index (χ1v) is 6.46. The van der Waals surface area contributed by atoms with Gasteiger partial charge in [0.2, 0.25) is 5.91 Å². The van der Waals surface area contributed by atoms with E-state index in [4.69, 9.17) is 11.6 Å². The van der Waals surface area contributed by atoms with Crippen molar-refractivity contribution >= 4 is 28.9 Å². The summed E-state index contributed by atoms with van der Waals surface area (Å²) in [7, 11) is 1.71. The van der Waals surface area contributed by atoms with Crippen LogP contribution in [0, 0.1) is 5.82 Å². The maximum atomic E-state index is 13.0. The first-order valence-electron chi connectivity index (χ1n) is 6.08. The standard InChI is InChI=1S/C15H14ClFN2O/c1-19(12-5-3-2-4-6-12)15(20)10-18-11-7-8-14(17)13(16)9-11/h2-9,18H,10H2,1H3. The number of carbonyl (C=O) groups excluding carboxylic acids is 1. The molecule has 0 aliphatic carbocycles. The summed E-state index contributed by atoms with van der Waals surface area (Å²) in [6, 6.07) is 13.6. The van der Waals surface area contributed by atoms with Gasteiger partial charge in [0.15, 0.2) is 0 Å². The fraction of sp³-hybridized carbons (Fsp3) is 0.133. The summed E-state index contributed by atoms with van der Waals surface area (Å²) in [4.78, 5) is 13.6. The van der Waals surface area contributed by atoms with Crippen LogP contribution in [0.1, 0.15) is 0 Å². The van der Waals surface area contributed by atoms with Crippen molar-refractivity contribution in [2.24, 2.45) is 0 Å². The number of carbonyl (C=O) groups is 1. The van der Waals surface area contributed by atoms with Gasteiger partial charge in [0.25, 0.3) is 0 Å². The molecule has 0 atom stereocenters. The van der Waals surface area contributed by atoms with Crippen LogP contribution in [0.15, 0.2) is 48.5 Å². The Kier molecular flexibility index (Phi) is 4.58. The van der Waals surface area contributed by atoms with Crippen molar-refractivity contribution in [2.75, 3.05) is 23.8 Å². The third kappa shape index (κ3) is 3.48. The number of hydrogen-bond acceptors (Lipinski definition) is 2. The van der Waals surface area contributed by atoms with Gasteiger partial charge in [-0.15, -0.1) is 0 Å². The average Bonchev–Trinajstić information content (AvgIpc) is 2.48. The summed E-state index contributed by atoms with van der Waals surface area (Å²) in [5, 5.41) is 2.95. The minimum atomic E-state index is -0.482. The molecular formula is C15H14ClFN2O. The van der Waals surface area contributed by atoms with E-state index >= 15 is 0 Å². The molecule has 1 amide bonds. The van der Waals surface area contributed by atoms with Gasteiger partial charge in [-0.3, -0.25) is 4.79 Å². The van der Waals surface area contributed by atoms with Crippen molar-refractivity contribution in [3.63, 3.8) is 0 Å². The molecule has 0 spiro atoms. The molecule has 0 saturated heterocycles. The first kappa shape index (κ1) is 14.3. The van der Waals surface area contributed by atoms with Crippen LogP contribution in [-0.4, -0.2) is 19.5 Å². The molecule has 1 N–H and O–H groups in total. The van der Waals surface area contributed by atoms with Gasteiger partial charge in [0.05, 0.1) is 11.6 Å². The van der Waals surface area contributed by atoms with Crippen LogP contribution < -0.4 is 10.2 Å². The van der Waals surface area contributed by atoms with Gasteiger partial charge in [-0.05, 0) is 30.3 Å². The Bertz CT molecular complexity index is 604. The third-order valence-electron chi connectivity index (χ3n) is 2.88. The third-order valence-corrected chi connectivity index (χ3v) is 3.17. The molecule has 20 heavy (non-hydrogen) atoms. The summed E-state index contributed by atoms with van der Waals surface area (Å²) < 4.78 is 13.0. The van der Waals surface area contributed by atoms with Crippen LogP contribution in [0.25, 0.3) is 0 Å². The van der Waals surface area contributed by atoms with E-state index in [1.54, 1.807) is 11.9 Å². The molecule has 2 aromatic carbocycles. The molecule has 0 bridgehead atoms. The van der Waals surface area contributed by atoms with E-state index in [0.29, 0.717) is 5.69 Å². The number of likely N-dealkylation sites (N-methyl/N-ethyl adjacent to an activating group) is 1. The fourth-order valence-corrected chi connectivity index (χ4v) is 1.88. The summed E-state index contributed by atoms with van der Waals surface area (Å²) in [6.45, 7) is 0.105. The van der Waals surface area contributed by atoms with Crippen molar-refractivity contribution in [2.45, 2.75) is 0 Å². The maximum absolute atomic E-state index is 13.0. The van der Waals surface area contributed by atoms with Crippen LogP contribution in [-0.2, 0) is 4.79 Å². The predicted molar refractivity (Wildman–Crippen MR) is 79.8 cm³/mol. The zero-order valence-corrected chi connectivity index (χ0v) is 11.7. The molecule has 0 aliphatic heterocycles. The van der Waals surface area contributed by atoms with Gasteiger partial charge in [0.1, 0.15) is 5.82 Å².